The summed E-state index contributed by atoms with van der Waals surface area (Å²) in [6.45, 7) is 7.24. The van der Waals surface area contributed by atoms with Crippen LogP contribution in [0.15, 0.2) is 34.7 Å². The van der Waals surface area contributed by atoms with Crippen molar-refractivity contribution in [1.29, 1.82) is 0 Å². The summed E-state index contributed by atoms with van der Waals surface area (Å²) in [5.74, 6) is 0. The Morgan fingerprint density at radius 3 is 2.86 bits per heavy atom. The number of benzene rings is 1. The van der Waals surface area contributed by atoms with Crippen molar-refractivity contribution in [2.24, 2.45) is 5.10 Å². The molecule has 1 N–H and O–H groups in total. The van der Waals surface area contributed by atoms with Crippen molar-refractivity contribution in [3.05, 3.63) is 46.6 Å². The minimum atomic E-state index is 0.820. The zero-order valence-electron chi connectivity index (χ0n) is 12.4. The standard InChI is InChI=1S/C16H18N4S/c1-4-20-12(3)14(13-7-5-6-8-15(13)20)9-17-19-16-18-11(2)10-21-16/h5-10H,4H2,1-3H3,(H,18,19)/b17-9-. The third kappa shape index (κ3) is 2.56. The second-order valence-corrected chi connectivity index (χ2v) is 5.78. The van der Waals surface area contributed by atoms with Gasteiger partial charge in [0.15, 0.2) is 0 Å². The number of hydrazone groups is 1. The molecule has 0 fully saturated rings. The van der Waals surface area contributed by atoms with E-state index in [0.29, 0.717) is 0 Å². The van der Waals surface area contributed by atoms with E-state index in [0.717, 1.165) is 22.9 Å². The SMILES string of the molecule is CCn1c(C)c(/C=N\Nc2nc(C)cs2)c2ccccc21. The molecule has 21 heavy (non-hydrogen) atoms. The summed E-state index contributed by atoms with van der Waals surface area (Å²) in [6, 6.07) is 8.44. The predicted octanol–water partition coefficient (Wildman–Crippen LogP) is 4.18. The highest BCUT2D eigenvalue weighted by molar-refractivity contribution is 7.13. The first kappa shape index (κ1) is 13.8. The number of para-hydroxylation sites is 1. The number of fused-ring (bicyclic) bond motifs is 1. The second-order valence-electron chi connectivity index (χ2n) is 4.92. The van der Waals surface area contributed by atoms with Crippen LogP contribution in [-0.4, -0.2) is 15.8 Å². The van der Waals surface area contributed by atoms with Crippen LogP contribution in [0.2, 0.25) is 0 Å². The van der Waals surface area contributed by atoms with Crippen molar-refractivity contribution < 1.29 is 0 Å². The number of aryl methyl sites for hydroxylation is 2. The Bertz CT molecular complexity index is 798. The van der Waals surface area contributed by atoms with Crippen LogP contribution in [0.25, 0.3) is 10.9 Å². The number of nitrogens with one attached hydrogen (secondary N) is 1. The number of aromatic nitrogens is 2. The molecule has 0 radical (unpaired) electrons. The van der Waals surface area contributed by atoms with Crippen molar-refractivity contribution in [3.63, 3.8) is 0 Å². The third-order valence-electron chi connectivity index (χ3n) is 3.57. The van der Waals surface area contributed by atoms with Crippen molar-refractivity contribution in [2.45, 2.75) is 27.3 Å². The van der Waals surface area contributed by atoms with Gasteiger partial charge in [-0.05, 0) is 26.8 Å². The van der Waals surface area contributed by atoms with E-state index in [2.05, 4.69) is 58.2 Å². The van der Waals surface area contributed by atoms with E-state index < -0.39 is 0 Å². The predicted molar refractivity (Wildman–Crippen MR) is 90.4 cm³/mol. The molecule has 2 heterocycles. The lowest BCUT2D eigenvalue weighted by atomic mass is 10.1. The minimum absolute atomic E-state index is 0.820. The van der Waals surface area contributed by atoms with E-state index in [4.69, 9.17) is 0 Å². The van der Waals surface area contributed by atoms with Crippen LogP contribution < -0.4 is 5.43 Å². The Kier molecular flexibility index (Phi) is 3.75. The molecule has 0 aliphatic rings. The van der Waals surface area contributed by atoms with Crippen LogP contribution in [0.3, 0.4) is 0 Å². The Morgan fingerprint density at radius 1 is 1.33 bits per heavy atom. The molecule has 1 aromatic carbocycles. The van der Waals surface area contributed by atoms with E-state index in [-0.39, 0.29) is 0 Å². The smallest absolute Gasteiger partial charge is 0.203 e. The van der Waals surface area contributed by atoms with Crippen LogP contribution in [-0.2, 0) is 6.54 Å². The molecule has 2 aromatic heterocycles. The summed E-state index contributed by atoms with van der Waals surface area (Å²) < 4.78 is 2.31. The zero-order chi connectivity index (χ0) is 14.8. The van der Waals surface area contributed by atoms with E-state index in [1.807, 2.05) is 18.5 Å². The highest BCUT2D eigenvalue weighted by atomic mass is 32.1. The highest BCUT2D eigenvalue weighted by Gasteiger charge is 2.10. The molecule has 3 rings (SSSR count). The van der Waals surface area contributed by atoms with Gasteiger partial charge in [0.25, 0.3) is 0 Å². The Labute approximate surface area is 128 Å². The summed E-state index contributed by atoms with van der Waals surface area (Å²) >= 11 is 1.56. The van der Waals surface area contributed by atoms with E-state index in [1.54, 1.807) is 11.3 Å². The quantitative estimate of drug-likeness (QED) is 0.580. The summed E-state index contributed by atoms with van der Waals surface area (Å²) in [6.07, 6.45) is 1.89. The molecule has 0 spiro atoms. The molecular weight excluding hydrogens is 280 g/mol. The number of thiazole rings is 1. The minimum Gasteiger partial charge on any atom is -0.344 e. The molecule has 0 unspecified atom stereocenters. The van der Waals surface area contributed by atoms with Gasteiger partial charge in [-0.3, -0.25) is 5.43 Å². The number of rotatable bonds is 4. The van der Waals surface area contributed by atoms with Gasteiger partial charge < -0.3 is 4.57 Å². The summed E-state index contributed by atoms with van der Waals surface area (Å²) in [4.78, 5) is 4.34. The molecule has 0 aliphatic carbocycles. The molecule has 0 saturated heterocycles. The molecule has 0 bridgehead atoms. The topological polar surface area (TPSA) is 42.2 Å². The van der Waals surface area contributed by atoms with E-state index in [9.17, 15) is 0 Å². The van der Waals surface area contributed by atoms with Crippen LogP contribution in [0.5, 0.6) is 0 Å². The van der Waals surface area contributed by atoms with E-state index >= 15 is 0 Å². The van der Waals surface area contributed by atoms with Crippen LogP contribution >= 0.6 is 11.3 Å². The zero-order valence-corrected chi connectivity index (χ0v) is 13.2. The van der Waals surface area contributed by atoms with Crippen molar-refractivity contribution in [3.8, 4) is 0 Å². The Hall–Kier alpha value is -2.14. The van der Waals surface area contributed by atoms with Gasteiger partial charge in [0.05, 0.1) is 11.9 Å². The average Bonchev–Trinajstić information content (AvgIpc) is 3.01. The molecule has 5 heteroatoms. The van der Waals surface area contributed by atoms with Gasteiger partial charge >= 0.3 is 0 Å². The summed E-state index contributed by atoms with van der Waals surface area (Å²) in [7, 11) is 0. The molecule has 108 valence electrons. The summed E-state index contributed by atoms with van der Waals surface area (Å²) in [5, 5.41) is 8.40. The van der Waals surface area contributed by atoms with Crippen molar-refractivity contribution in [1.82, 2.24) is 9.55 Å². The lowest BCUT2D eigenvalue weighted by Crippen LogP contribution is -1.97. The Balaban J connectivity index is 1.95. The first-order valence-electron chi connectivity index (χ1n) is 6.99. The number of nitrogens with zero attached hydrogens (tertiary/aromatic N) is 3. The van der Waals surface area contributed by atoms with Crippen LogP contribution in [0.1, 0.15) is 23.9 Å². The number of anilines is 1. The monoisotopic (exact) mass is 298 g/mol. The van der Waals surface area contributed by atoms with Gasteiger partial charge in [0, 0.05) is 34.1 Å². The maximum Gasteiger partial charge on any atom is 0.203 e. The van der Waals surface area contributed by atoms with Gasteiger partial charge in [-0.2, -0.15) is 5.10 Å². The molecule has 0 saturated carbocycles. The maximum atomic E-state index is 4.34. The fraction of sp³-hybridized carbons (Fsp3) is 0.250. The van der Waals surface area contributed by atoms with Gasteiger partial charge in [0.2, 0.25) is 5.13 Å². The van der Waals surface area contributed by atoms with E-state index in [1.165, 1.54) is 16.6 Å². The molecule has 3 aromatic rings. The van der Waals surface area contributed by atoms with Gasteiger partial charge in [-0.15, -0.1) is 11.3 Å². The number of hydrogen-bond donors (Lipinski definition) is 1. The molecule has 0 amide bonds. The van der Waals surface area contributed by atoms with Gasteiger partial charge in [0.1, 0.15) is 0 Å². The second kappa shape index (κ2) is 5.69. The lowest BCUT2D eigenvalue weighted by molar-refractivity contribution is 0.769. The first-order chi connectivity index (χ1) is 10.2. The normalized spacial score (nSPS) is 11.6. The average molecular weight is 298 g/mol. The third-order valence-corrected chi connectivity index (χ3v) is 4.43. The van der Waals surface area contributed by atoms with Gasteiger partial charge in [-0.1, -0.05) is 18.2 Å². The maximum absolute atomic E-state index is 4.34. The number of hydrogen-bond acceptors (Lipinski definition) is 4. The molecule has 0 atom stereocenters. The fourth-order valence-electron chi connectivity index (χ4n) is 2.59. The largest absolute Gasteiger partial charge is 0.344 e. The van der Waals surface area contributed by atoms with Crippen LogP contribution in [0.4, 0.5) is 5.13 Å². The molecular formula is C16H18N4S. The highest BCUT2D eigenvalue weighted by Crippen LogP contribution is 2.24. The molecule has 4 nitrogen and oxygen atoms in total. The summed E-state index contributed by atoms with van der Waals surface area (Å²) in [5.41, 5.74) is 7.66. The van der Waals surface area contributed by atoms with Crippen molar-refractivity contribution >= 4 is 33.6 Å². The first-order valence-corrected chi connectivity index (χ1v) is 7.87. The Morgan fingerprint density at radius 2 is 2.14 bits per heavy atom. The molecule has 0 aliphatic heterocycles. The van der Waals surface area contributed by atoms with Crippen LogP contribution in [0, 0.1) is 13.8 Å². The fourth-order valence-corrected chi connectivity index (χ4v) is 3.22. The lowest BCUT2D eigenvalue weighted by Gasteiger charge is -2.03. The van der Waals surface area contributed by atoms with Crippen molar-refractivity contribution in [2.75, 3.05) is 5.43 Å². The van der Waals surface area contributed by atoms with Gasteiger partial charge in [-0.25, -0.2) is 4.98 Å².